The number of carbonyl (C=O) groups is 2. The second kappa shape index (κ2) is 4.90. The van der Waals surface area contributed by atoms with Gasteiger partial charge in [0.15, 0.2) is 0 Å². The van der Waals surface area contributed by atoms with E-state index in [2.05, 4.69) is 12.2 Å². The standard InChI is InChI=1S/C14H23NO3/c1-9-7-10(11(8-9)13(17)18)12(16)15-14(2)5-3-4-6-14/h9-11H,3-8H2,1-2H3,(H,15,16)(H,17,18). The molecule has 3 unspecified atom stereocenters. The first-order chi connectivity index (χ1) is 8.41. The maximum Gasteiger partial charge on any atom is 0.307 e. The number of hydrogen-bond donors (Lipinski definition) is 2. The molecule has 0 radical (unpaired) electrons. The monoisotopic (exact) mass is 253 g/mol. The van der Waals surface area contributed by atoms with E-state index in [-0.39, 0.29) is 17.4 Å². The highest BCUT2D eigenvalue weighted by Gasteiger charge is 2.43. The predicted octanol–water partition coefficient (Wildman–Crippen LogP) is 2.18. The number of aliphatic carboxylic acids is 1. The SMILES string of the molecule is CC1CC(C(=O)O)C(C(=O)NC2(C)CCCC2)C1. The first-order valence-electron chi connectivity index (χ1n) is 6.96. The first kappa shape index (κ1) is 13.4. The van der Waals surface area contributed by atoms with Crippen LogP contribution in [0.2, 0.25) is 0 Å². The molecule has 2 fully saturated rings. The van der Waals surface area contributed by atoms with Gasteiger partial charge in [0.25, 0.3) is 0 Å². The number of carboxylic acids is 1. The van der Waals surface area contributed by atoms with Crippen molar-refractivity contribution in [2.75, 3.05) is 0 Å². The van der Waals surface area contributed by atoms with Crippen LogP contribution in [0.4, 0.5) is 0 Å². The molecule has 2 rings (SSSR count). The summed E-state index contributed by atoms with van der Waals surface area (Å²) in [6.45, 7) is 4.10. The van der Waals surface area contributed by atoms with E-state index in [1.165, 1.54) is 0 Å². The highest BCUT2D eigenvalue weighted by molar-refractivity contribution is 5.85. The van der Waals surface area contributed by atoms with E-state index in [0.717, 1.165) is 25.7 Å². The second-order valence-corrected chi connectivity index (χ2v) is 6.38. The number of carbonyl (C=O) groups excluding carboxylic acids is 1. The Kier molecular flexibility index (Phi) is 3.64. The molecule has 0 spiro atoms. The molecule has 0 bridgehead atoms. The molecule has 2 N–H and O–H groups in total. The Balaban J connectivity index is 2.01. The summed E-state index contributed by atoms with van der Waals surface area (Å²) in [5.41, 5.74) is -0.105. The molecule has 0 heterocycles. The number of nitrogens with one attached hydrogen (secondary N) is 1. The minimum Gasteiger partial charge on any atom is -0.481 e. The van der Waals surface area contributed by atoms with Gasteiger partial charge in [-0.1, -0.05) is 19.8 Å². The molecule has 2 aliphatic carbocycles. The van der Waals surface area contributed by atoms with Gasteiger partial charge in [0.2, 0.25) is 5.91 Å². The van der Waals surface area contributed by atoms with E-state index in [1.807, 2.05) is 6.92 Å². The summed E-state index contributed by atoms with van der Waals surface area (Å²) < 4.78 is 0. The lowest BCUT2D eigenvalue weighted by molar-refractivity contribution is -0.146. The Morgan fingerprint density at radius 2 is 1.72 bits per heavy atom. The van der Waals surface area contributed by atoms with E-state index in [0.29, 0.717) is 18.8 Å². The highest BCUT2D eigenvalue weighted by atomic mass is 16.4. The topological polar surface area (TPSA) is 66.4 Å². The van der Waals surface area contributed by atoms with E-state index in [4.69, 9.17) is 0 Å². The van der Waals surface area contributed by atoms with Gasteiger partial charge in [0.05, 0.1) is 11.8 Å². The lowest BCUT2D eigenvalue weighted by Gasteiger charge is -2.28. The van der Waals surface area contributed by atoms with Crippen molar-refractivity contribution >= 4 is 11.9 Å². The molecule has 2 saturated carbocycles. The number of hydrogen-bond acceptors (Lipinski definition) is 2. The van der Waals surface area contributed by atoms with Crippen LogP contribution < -0.4 is 5.32 Å². The normalized spacial score (nSPS) is 34.4. The lowest BCUT2D eigenvalue weighted by Crippen LogP contribution is -2.47. The third-order valence-corrected chi connectivity index (χ3v) is 4.58. The molecular weight excluding hydrogens is 230 g/mol. The fourth-order valence-corrected chi connectivity index (χ4v) is 3.52. The van der Waals surface area contributed by atoms with Crippen molar-refractivity contribution in [1.82, 2.24) is 5.32 Å². The lowest BCUT2D eigenvalue weighted by atomic mass is 9.92. The van der Waals surface area contributed by atoms with Crippen LogP contribution in [0.5, 0.6) is 0 Å². The van der Waals surface area contributed by atoms with Crippen molar-refractivity contribution in [3.63, 3.8) is 0 Å². The van der Waals surface area contributed by atoms with Gasteiger partial charge in [-0.15, -0.1) is 0 Å². The highest BCUT2D eigenvalue weighted by Crippen LogP contribution is 2.38. The predicted molar refractivity (Wildman–Crippen MR) is 68.0 cm³/mol. The Morgan fingerprint density at radius 1 is 1.17 bits per heavy atom. The summed E-state index contributed by atoms with van der Waals surface area (Å²) in [7, 11) is 0. The second-order valence-electron chi connectivity index (χ2n) is 6.38. The molecule has 102 valence electrons. The van der Waals surface area contributed by atoms with Gasteiger partial charge in [-0.3, -0.25) is 9.59 Å². The van der Waals surface area contributed by atoms with Crippen molar-refractivity contribution in [2.24, 2.45) is 17.8 Å². The van der Waals surface area contributed by atoms with E-state index >= 15 is 0 Å². The van der Waals surface area contributed by atoms with Crippen molar-refractivity contribution in [2.45, 2.75) is 57.9 Å². The van der Waals surface area contributed by atoms with Crippen molar-refractivity contribution in [1.29, 1.82) is 0 Å². The van der Waals surface area contributed by atoms with Gasteiger partial charge in [0, 0.05) is 5.54 Å². The van der Waals surface area contributed by atoms with Gasteiger partial charge in [-0.05, 0) is 38.5 Å². The van der Waals surface area contributed by atoms with E-state index < -0.39 is 11.9 Å². The summed E-state index contributed by atoms with van der Waals surface area (Å²) in [4.78, 5) is 23.5. The Bertz CT molecular complexity index is 347. The smallest absolute Gasteiger partial charge is 0.307 e. The quantitative estimate of drug-likeness (QED) is 0.810. The zero-order valence-electron chi connectivity index (χ0n) is 11.2. The van der Waals surface area contributed by atoms with Crippen LogP contribution >= 0.6 is 0 Å². The summed E-state index contributed by atoms with van der Waals surface area (Å²) in [6.07, 6.45) is 5.67. The van der Waals surface area contributed by atoms with E-state index in [9.17, 15) is 14.7 Å². The van der Waals surface area contributed by atoms with Crippen molar-refractivity contribution in [3.8, 4) is 0 Å². The molecule has 4 nitrogen and oxygen atoms in total. The maximum absolute atomic E-state index is 12.3. The summed E-state index contributed by atoms with van der Waals surface area (Å²) in [5, 5.41) is 12.3. The molecule has 2 aliphatic rings. The number of amides is 1. The zero-order chi connectivity index (χ0) is 13.3. The van der Waals surface area contributed by atoms with Crippen molar-refractivity contribution in [3.05, 3.63) is 0 Å². The molecule has 3 atom stereocenters. The average molecular weight is 253 g/mol. The number of rotatable bonds is 3. The third kappa shape index (κ3) is 2.68. The molecule has 0 aromatic carbocycles. The third-order valence-electron chi connectivity index (χ3n) is 4.58. The Labute approximate surface area is 108 Å². The Hall–Kier alpha value is -1.06. The molecule has 0 aromatic rings. The molecule has 18 heavy (non-hydrogen) atoms. The molecular formula is C14H23NO3. The molecule has 0 aromatic heterocycles. The fourth-order valence-electron chi connectivity index (χ4n) is 3.52. The van der Waals surface area contributed by atoms with Crippen molar-refractivity contribution < 1.29 is 14.7 Å². The Morgan fingerprint density at radius 3 is 2.28 bits per heavy atom. The summed E-state index contributed by atoms with van der Waals surface area (Å²) in [6, 6.07) is 0. The van der Waals surface area contributed by atoms with Crippen LogP contribution in [0, 0.1) is 17.8 Å². The van der Waals surface area contributed by atoms with Crippen LogP contribution in [0.15, 0.2) is 0 Å². The van der Waals surface area contributed by atoms with Crippen LogP contribution in [0.1, 0.15) is 52.4 Å². The largest absolute Gasteiger partial charge is 0.481 e. The number of carboxylic acid groups (broad SMARTS) is 1. The molecule has 0 aliphatic heterocycles. The average Bonchev–Trinajstić information content (AvgIpc) is 2.85. The van der Waals surface area contributed by atoms with Crippen LogP contribution in [0.3, 0.4) is 0 Å². The van der Waals surface area contributed by atoms with Gasteiger partial charge < -0.3 is 10.4 Å². The molecule has 4 heteroatoms. The minimum absolute atomic E-state index is 0.0452. The maximum atomic E-state index is 12.3. The molecule has 0 saturated heterocycles. The zero-order valence-corrected chi connectivity index (χ0v) is 11.2. The fraction of sp³-hybridized carbons (Fsp3) is 0.857. The van der Waals surface area contributed by atoms with Gasteiger partial charge in [-0.2, -0.15) is 0 Å². The van der Waals surface area contributed by atoms with E-state index in [1.54, 1.807) is 0 Å². The van der Waals surface area contributed by atoms with Gasteiger partial charge >= 0.3 is 5.97 Å². The summed E-state index contributed by atoms with van der Waals surface area (Å²) >= 11 is 0. The van der Waals surface area contributed by atoms with Gasteiger partial charge in [0.1, 0.15) is 0 Å². The van der Waals surface area contributed by atoms with Crippen LogP contribution in [-0.4, -0.2) is 22.5 Å². The molecule has 1 amide bonds. The van der Waals surface area contributed by atoms with Crippen LogP contribution in [0.25, 0.3) is 0 Å². The van der Waals surface area contributed by atoms with Crippen LogP contribution in [-0.2, 0) is 9.59 Å². The minimum atomic E-state index is -0.823. The summed E-state index contributed by atoms with van der Waals surface area (Å²) in [5.74, 6) is -1.37. The van der Waals surface area contributed by atoms with Gasteiger partial charge in [-0.25, -0.2) is 0 Å². The first-order valence-corrected chi connectivity index (χ1v) is 6.96.